The number of hydrogen-bond acceptors (Lipinski definition) is 4. The average Bonchev–Trinajstić information content (AvgIpc) is 3.40. The van der Waals surface area contributed by atoms with Crippen molar-refractivity contribution in [1.82, 2.24) is 5.32 Å². The minimum absolute atomic E-state index is 0.118. The summed E-state index contributed by atoms with van der Waals surface area (Å²) >= 11 is 1.39. The van der Waals surface area contributed by atoms with Gasteiger partial charge in [-0.3, -0.25) is 9.59 Å². The number of carbonyl (C=O) groups excluding carboxylic acids is 3. The Morgan fingerprint density at radius 3 is 1.85 bits per heavy atom. The molecule has 0 bridgehead atoms. The molecule has 8 heteroatoms. The normalized spacial score (nSPS) is 10.2. The van der Waals surface area contributed by atoms with Crippen LogP contribution >= 0.6 is 11.3 Å². The number of hydrogen-bond donors (Lipinski definition) is 4. The van der Waals surface area contributed by atoms with Crippen molar-refractivity contribution in [2.45, 2.75) is 6.54 Å². The van der Waals surface area contributed by atoms with Crippen LogP contribution in [0.4, 0.5) is 21.9 Å². The Bertz CT molecular complexity index is 1260. The predicted octanol–water partition coefficient (Wildman–Crippen LogP) is 5.57. The summed E-state index contributed by atoms with van der Waals surface area (Å²) in [6, 6.07) is 26.3. The summed E-state index contributed by atoms with van der Waals surface area (Å²) in [7, 11) is 0. The predicted molar refractivity (Wildman–Crippen MR) is 135 cm³/mol. The maximum atomic E-state index is 12.6. The van der Waals surface area contributed by atoms with Gasteiger partial charge in [-0.2, -0.15) is 0 Å². The second-order valence-electron chi connectivity index (χ2n) is 7.33. The number of benzene rings is 3. The molecule has 3 aromatic carbocycles. The van der Waals surface area contributed by atoms with E-state index in [9.17, 15) is 14.4 Å². The van der Waals surface area contributed by atoms with Crippen LogP contribution in [0, 0.1) is 0 Å². The summed E-state index contributed by atoms with van der Waals surface area (Å²) < 4.78 is 0. The molecule has 0 aliphatic heterocycles. The van der Waals surface area contributed by atoms with Crippen molar-refractivity contribution in [2.75, 3.05) is 16.0 Å². The van der Waals surface area contributed by atoms with Crippen LogP contribution in [0.1, 0.15) is 25.6 Å². The van der Waals surface area contributed by atoms with E-state index in [4.69, 9.17) is 0 Å². The van der Waals surface area contributed by atoms with Crippen LogP contribution in [-0.4, -0.2) is 17.8 Å². The van der Waals surface area contributed by atoms with Crippen molar-refractivity contribution in [3.63, 3.8) is 0 Å². The molecular weight excluding hydrogens is 448 g/mol. The molecule has 1 aromatic heterocycles. The molecule has 0 fully saturated rings. The zero-order chi connectivity index (χ0) is 23.8. The second-order valence-corrected chi connectivity index (χ2v) is 8.28. The first kappa shape index (κ1) is 22.8. The first-order chi connectivity index (χ1) is 16.6. The van der Waals surface area contributed by atoms with Gasteiger partial charge in [-0.25, -0.2) is 4.79 Å². The lowest BCUT2D eigenvalue weighted by Gasteiger charge is -2.10. The molecule has 0 atom stereocenters. The summed E-state index contributed by atoms with van der Waals surface area (Å²) in [5, 5.41) is 13.0. The highest BCUT2D eigenvalue weighted by atomic mass is 32.1. The number of carbonyl (C=O) groups is 3. The Morgan fingerprint density at radius 1 is 0.618 bits per heavy atom. The van der Waals surface area contributed by atoms with Crippen molar-refractivity contribution in [3.05, 3.63) is 112 Å². The Labute approximate surface area is 200 Å². The molecule has 0 aliphatic carbocycles. The van der Waals surface area contributed by atoms with E-state index in [1.165, 1.54) is 11.3 Å². The van der Waals surface area contributed by atoms with Crippen molar-refractivity contribution in [2.24, 2.45) is 0 Å². The molecule has 4 amide bonds. The van der Waals surface area contributed by atoms with Gasteiger partial charge in [0.15, 0.2) is 0 Å². The van der Waals surface area contributed by atoms with Crippen LogP contribution in [0.15, 0.2) is 96.4 Å². The summed E-state index contributed by atoms with van der Waals surface area (Å²) in [6.07, 6.45) is 0. The zero-order valence-electron chi connectivity index (χ0n) is 18.1. The van der Waals surface area contributed by atoms with E-state index in [2.05, 4.69) is 21.3 Å². The molecule has 0 unspecified atom stereocenters. The zero-order valence-corrected chi connectivity index (χ0v) is 18.9. The van der Waals surface area contributed by atoms with Crippen molar-refractivity contribution < 1.29 is 14.4 Å². The number of nitrogens with one attached hydrogen (secondary N) is 4. The van der Waals surface area contributed by atoms with Gasteiger partial charge in [-0.15, -0.1) is 11.3 Å². The van der Waals surface area contributed by atoms with Crippen molar-refractivity contribution in [3.8, 4) is 0 Å². The van der Waals surface area contributed by atoms with E-state index >= 15 is 0 Å². The molecule has 0 aliphatic rings. The third-order valence-electron chi connectivity index (χ3n) is 4.85. The van der Waals surface area contributed by atoms with E-state index in [1.807, 2.05) is 41.8 Å². The number of amides is 4. The van der Waals surface area contributed by atoms with Gasteiger partial charge in [0.1, 0.15) is 0 Å². The fourth-order valence-electron chi connectivity index (χ4n) is 3.11. The van der Waals surface area contributed by atoms with Crippen LogP contribution in [0.2, 0.25) is 0 Å². The standard InChI is InChI=1S/C26H22N4O3S/c31-24(19-10-8-18(9-11-19)17-27-25(32)23-7-4-16-34-23)28-21-12-14-22(15-13-21)30-26(33)29-20-5-2-1-3-6-20/h1-16H,17H2,(H,27,32)(H,28,31)(H2,29,30,33). The summed E-state index contributed by atoms with van der Waals surface area (Å²) in [6.45, 7) is 0.380. The van der Waals surface area contributed by atoms with Crippen molar-refractivity contribution in [1.29, 1.82) is 0 Å². The Balaban J connectivity index is 1.26. The molecule has 170 valence electrons. The van der Waals surface area contributed by atoms with E-state index in [-0.39, 0.29) is 17.8 Å². The number of urea groups is 1. The summed E-state index contributed by atoms with van der Waals surface area (Å²) in [5.74, 6) is -0.371. The third-order valence-corrected chi connectivity index (χ3v) is 5.72. The van der Waals surface area contributed by atoms with Gasteiger partial charge in [0.05, 0.1) is 4.88 Å². The number of para-hydroxylation sites is 1. The maximum absolute atomic E-state index is 12.6. The number of rotatable bonds is 7. The van der Waals surface area contributed by atoms with E-state index < -0.39 is 0 Å². The molecule has 1 heterocycles. The highest BCUT2D eigenvalue weighted by Crippen LogP contribution is 2.16. The first-order valence-corrected chi connectivity index (χ1v) is 11.4. The highest BCUT2D eigenvalue weighted by Gasteiger charge is 2.09. The fraction of sp³-hybridized carbons (Fsp3) is 0.0385. The molecule has 4 rings (SSSR count). The molecule has 0 saturated heterocycles. The smallest absolute Gasteiger partial charge is 0.323 e. The summed E-state index contributed by atoms with van der Waals surface area (Å²) in [5.41, 5.74) is 3.29. The topological polar surface area (TPSA) is 99.3 Å². The van der Waals surface area contributed by atoms with Crippen LogP contribution in [-0.2, 0) is 6.54 Å². The van der Waals surface area contributed by atoms with Gasteiger partial charge in [0.2, 0.25) is 0 Å². The minimum atomic E-state index is -0.352. The van der Waals surface area contributed by atoms with Crippen LogP contribution in [0.25, 0.3) is 0 Å². The van der Waals surface area contributed by atoms with Gasteiger partial charge in [0, 0.05) is 29.2 Å². The van der Waals surface area contributed by atoms with Gasteiger partial charge in [0.25, 0.3) is 11.8 Å². The van der Waals surface area contributed by atoms with Gasteiger partial charge in [-0.05, 0) is 65.5 Å². The number of thiophene rings is 1. The van der Waals surface area contributed by atoms with E-state index in [0.717, 1.165) is 5.56 Å². The SMILES string of the molecule is O=C(Nc1ccccc1)Nc1ccc(NC(=O)c2ccc(CNC(=O)c3cccs3)cc2)cc1. The first-order valence-electron chi connectivity index (χ1n) is 10.5. The molecule has 0 radical (unpaired) electrons. The lowest BCUT2D eigenvalue weighted by molar-refractivity contribution is 0.0953. The lowest BCUT2D eigenvalue weighted by Crippen LogP contribution is -2.21. The molecule has 0 saturated carbocycles. The fourth-order valence-corrected chi connectivity index (χ4v) is 3.75. The minimum Gasteiger partial charge on any atom is -0.347 e. The third kappa shape index (κ3) is 6.30. The number of anilines is 3. The Hall–Kier alpha value is -4.43. The van der Waals surface area contributed by atoms with Gasteiger partial charge in [-0.1, -0.05) is 36.4 Å². The Morgan fingerprint density at radius 2 is 1.24 bits per heavy atom. The maximum Gasteiger partial charge on any atom is 0.323 e. The largest absolute Gasteiger partial charge is 0.347 e. The van der Waals surface area contributed by atoms with E-state index in [1.54, 1.807) is 54.6 Å². The highest BCUT2D eigenvalue weighted by molar-refractivity contribution is 7.12. The van der Waals surface area contributed by atoms with Gasteiger partial charge >= 0.3 is 6.03 Å². The molecular formula is C26H22N4O3S. The molecule has 4 N–H and O–H groups in total. The molecule has 4 aromatic rings. The van der Waals surface area contributed by atoms with Crippen LogP contribution in [0.5, 0.6) is 0 Å². The van der Waals surface area contributed by atoms with E-state index in [0.29, 0.717) is 34.0 Å². The van der Waals surface area contributed by atoms with Gasteiger partial charge < -0.3 is 21.3 Å². The lowest BCUT2D eigenvalue weighted by atomic mass is 10.1. The summed E-state index contributed by atoms with van der Waals surface area (Å²) in [4.78, 5) is 37.3. The van der Waals surface area contributed by atoms with Crippen LogP contribution < -0.4 is 21.3 Å². The second kappa shape index (κ2) is 10.9. The Kier molecular flexibility index (Phi) is 7.32. The molecule has 0 spiro atoms. The monoisotopic (exact) mass is 470 g/mol. The average molecular weight is 471 g/mol. The van der Waals surface area contributed by atoms with Crippen LogP contribution in [0.3, 0.4) is 0 Å². The molecule has 34 heavy (non-hydrogen) atoms. The van der Waals surface area contributed by atoms with Crippen molar-refractivity contribution >= 4 is 46.2 Å². The molecule has 7 nitrogen and oxygen atoms in total. The quantitative estimate of drug-likeness (QED) is 0.284.